The van der Waals surface area contributed by atoms with Gasteiger partial charge in [0.05, 0.1) is 10.1 Å². The molecule has 6 heteroatoms. The topological polar surface area (TPSA) is 18.5 Å². The molecule has 4 atom stereocenters. The van der Waals surface area contributed by atoms with Crippen LogP contribution >= 0.6 is 46.4 Å². The summed E-state index contributed by atoms with van der Waals surface area (Å²) in [5.41, 5.74) is 2.22. The van der Waals surface area contributed by atoms with Crippen LogP contribution in [0, 0.1) is 0 Å². The highest BCUT2D eigenvalue weighted by atomic mass is 35.5. The summed E-state index contributed by atoms with van der Waals surface area (Å²) < 4.78 is 11.7. The van der Waals surface area contributed by atoms with Gasteiger partial charge in [0.2, 0.25) is 5.79 Å². The summed E-state index contributed by atoms with van der Waals surface area (Å²) in [5, 5.41) is 2.94. The Hall–Kier alpha value is -0.480. The van der Waals surface area contributed by atoms with Crippen molar-refractivity contribution in [3.63, 3.8) is 0 Å². The van der Waals surface area contributed by atoms with Crippen molar-refractivity contribution in [3.05, 3.63) is 57.6 Å². The van der Waals surface area contributed by atoms with Crippen LogP contribution in [0.3, 0.4) is 0 Å². The molecule has 0 heterocycles. The fourth-order valence-electron chi connectivity index (χ4n) is 5.40. The first-order valence-corrected chi connectivity index (χ1v) is 9.47. The molecule has 0 aromatic heterocycles. The third-order valence-electron chi connectivity index (χ3n) is 6.19. The van der Waals surface area contributed by atoms with Gasteiger partial charge >= 0.3 is 0 Å². The van der Waals surface area contributed by atoms with Gasteiger partial charge in [-0.25, -0.2) is 0 Å². The van der Waals surface area contributed by atoms with E-state index in [1.165, 1.54) is 19.6 Å². The van der Waals surface area contributed by atoms with Crippen molar-refractivity contribution in [3.8, 4) is 0 Å². The molecule has 2 bridgehead atoms. The fraction of sp³-hybridized carbons (Fsp3) is 0.368. The standard InChI is InChI=1S/C19H14Cl4O2/c1-24-19(25-2)17(22)13-10-7-3-5-9-6-4-8-11(12(9)10)14(13)18(19,23)16(21)15(17)20/h3-8,13-14H,1-2H3. The van der Waals surface area contributed by atoms with E-state index in [1.807, 2.05) is 12.1 Å². The predicted octanol–water partition coefficient (Wildman–Crippen LogP) is 5.68. The van der Waals surface area contributed by atoms with E-state index in [-0.39, 0.29) is 11.8 Å². The molecule has 0 radical (unpaired) electrons. The number of halogens is 4. The summed E-state index contributed by atoms with van der Waals surface area (Å²) in [6.07, 6.45) is 0. The monoisotopic (exact) mass is 414 g/mol. The van der Waals surface area contributed by atoms with Crippen LogP contribution in [-0.4, -0.2) is 29.8 Å². The van der Waals surface area contributed by atoms with Crippen LogP contribution in [-0.2, 0) is 9.47 Å². The molecule has 1 saturated carbocycles. The van der Waals surface area contributed by atoms with Crippen molar-refractivity contribution in [2.24, 2.45) is 0 Å². The van der Waals surface area contributed by atoms with Crippen LogP contribution in [0.15, 0.2) is 46.5 Å². The molecular weight excluding hydrogens is 402 g/mol. The van der Waals surface area contributed by atoms with Crippen LogP contribution in [0.4, 0.5) is 0 Å². The Morgan fingerprint density at radius 1 is 0.800 bits per heavy atom. The molecule has 2 nitrogen and oxygen atoms in total. The van der Waals surface area contributed by atoms with E-state index in [0.29, 0.717) is 10.1 Å². The minimum absolute atomic E-state index is 0.192. The molecule has 25 heavy (non-hydrogen) atoms. The summed E-state index contributed by atoms with van der Waals surface area (Å²) in [6, 6.07) is 12.4. The van der Waals surface area contributed by atoms with Gasteiger partial charge in [-0.2, -0.15) is 0 Å². The summed E-state index contributed by atoms with van der Waals surface area (Å²) >= 11 is 27.7. The minimum Gasteiger partial charge on any atom is -0.350 e. The third kappa shape index (κ3) is 1.42. The number of benzene rings is 2. The van der Waals surface area contributed by atoms with Gasteiger partial charge in [-0.1, -0.05) is 59.6 Å². The molecule has 2 aromatic carbocycles. The lowest BCUT2D eigenvalue weighted by atomic mass is 9.80. The molecule has 3 aliphatic rings. The highest BCUT2D eigenvalue weighted by molar-refractivity contribution is 6.52. The summed E-state index contributed by atoms with van der Waals surface area (Å²) in [4.78, 5) is -2.40. The number of alkyl halides is 2. The Morgan fingerprint density at radius 3 is 1.64 bits per heavy atom. The lowest BCUT2D eigenvalue weighted by Crippen LogP contribution is -2.57. The molecule has 0 spiro atoms. The zero-order valence-electron chi connectivity index (χ0n) is 13.4. The van der Waals surface area contributed by atoms with E-state index in [2.05, 4.69) is 24.3 Å². The largest absolute Gasteiger partial charge is 0.350 e. The van der Waals surface area contributed by atoms with Crippen molar-refractivity contribution in [1.82, 2.24) is 0 Å². The maximum atomic E-state index is 7.22. The molecule has 2 aromatic rings. The first kappa shape index (κ1) is 16.7. The van der Waals surface area contributed by atoms with E-state index in [0.717, 1.165) is 16.5 Å². The van der Waals surface area contributed by atoms with E-state index in [4.69, 9.17) is 55.9 Å². The molecular formula is C19H14Cl4O2. The summed E-state index contributed by atoms with van der Waals surface area (Å²) in [6.45, 7) is 0. The average molecular weight is 416 g/mol. The lowest BCUT2D eigenvalue weighted by Gasteiger charge is -2.42. The molecule has 0 N–H and O–H groups in total. The first-order chi connectivity index (χ1) is 11.9. The second kappa shape index (κ2) is 4.86. The number of hydrogen-bond donors (Lipinski definition) is 0. The Bertz CT molecular complexity index is 898. The Morgan fingerprint density at radius 2 is 1.24 bits per heavy atom. The van der Waals surface area contributed by atoms with Crippen LogP contribution in [0.1, 0.15) is 23.0 Å². The van der Waals surface area contributed by atoms with Gasteiger partial charge < -0.3 is 9.47 Å². The van der Waals surface area contributed by atoms with E-state index >= 15 is 0 Å². The number of ether oxygens (including phenoxy) is 2. The van der Waals surface area contributed by atoms with Crippen molar-refractivity contribution in [1.29, 1.82) is 0 Å². The Balaban J connectivity index is 1.94. The quantitative estimate of drug-likeness (QED) is 0.463. The Kier molecular flexibility index (Phi) is 3.24. The second-order valence-electron chi connectivity index (χ2n) is 6.82. The third-order valence-corrected chi connectivity index (χ3v) is 8.80. The zero-order valence-corrected chi connectivity index (χ0v) is 16.5. The van der Waals surface area contributed by atoms with E-state index in [1.54, 1.807) is 0 Å². The summed E-state index contributed by atoms with van der Waals surface area (Å²) in [7, 11) is 3.07. The van der Waals surface area contributed by atoms with Gasteiger partial charge in [0.1, 0.15) is 9.75 Å². The maximum absolute atomic E-state index is 7.22. The van der Waals surface area contributed by atoms with Crippen LogP contribution in [0.5, 0.6) is 0 Å². The molecule has 0 aliphatic heterocycles. The minimum atomic E-state index is -1.36. The highest BCUT2D eigenvalue weighted by Crippen LogP contribution is 2.80. The van der Waals surface area contributed by atoms with E-state index < -0.39 is 15.5 Å². The number of rotatable bonds is 2. The number of fused-ring (bicyclic) bond motifs is 7. The van der Waals surface area contributed by atoms with Gasteiger partial charge in [-0.3, -0.25) is 0 Å². The van der Waals surface area contributed by atoms with Gasteiger partial charge in [0.25, 0.3) is 0 Å². The highest BCUT2D eigenvalue weighted by Gasteiger charge is 2.86. The van der Waals surface area contributed by atoms with Crippen molar-refractivity contribution in [2.75, 3.05) is 14.2 Å². The van der Waals surface area contributed by atoms with Gasteiger partial charge in [-0.05, 0) is 21.9 Å². The SMILES string of the molecule is COC1(OC)C2(Cl)C(Cl)=C(Cl)C1(Cl)C1c3cccc4cccc(c34)C12. The lowest BCUT2D eigenvalue weighted by molar-refractivity contribution is -0.218. The molecule has 5 rings (SSSR count). The normalized spacial score (nSPS) is 37.2. The maximum Gasteiger partial charge on any atom is 0.218 e. The van der Waals surface area contributed by atoms with Gasteiger partial charge in [0, 0.05) is 26.1 Å². The second-order valence-corrected chi connectivity index (χ2v) is 8.77. The molecule has 130 valence electrons. The predicted molar refractivity (Wildman–Crippen MR) is 102 cm³/mol. The average Bonchev–Trinajstić information content (AvgIpc) is 3.10. The van der Waals surface area contributed by atoms with Gasteiger partial charge in [0.15, 0.2) is 0 Å². The van der Waals surface area contributed by atoms with Crippen molar-refractivity contribution in [2.45, 2.75) is 27.4 Å². The molecule has 4 unspecified atom stereocenters. The van der Waals surface area contributed by atoms with Crippen LogP contribution in [0.2, 0.25) is 0 Å². The Labute approximate surface area is 165 Å². The smallest absolute Gasteiger partial charge is 0.218 e. The van der Waals surface area contributed by atoms with Crippen molar-refractivity contribution < 1.29 is 9.47 Å². The van der Waals surface area contributed by atoms with Crippen LogP contribution < -0.4 is 0 Å². The molecule has 1 fully saturated rings. The molecule has 3 aliphatic carbocycles. The fourth-order valence-corrected chi connectivity index (χ4v) is 7.61. The number of hydrogen-bond acceptors (Lipinski definition) is 2. The first-order valence-electron chi connectivity index (χ1n) is 7.96. The molecule has 0 amide bonds. The van der Waals surface area contributed by atoms with E-state index in [9.17, 15) is 0 Å². The number of methoxy groups -OCH3 is 2. The van der Waals surface area contributed by atoms with Crippen LogP contribution in [0.25, 0.3) is 10.8 Å². The van der Waals surface area contributed by atoms with Gasteiger partial charge in [-0.15, -0.1) is 23.2 Å². The zero-order chi connectivity index (χ0) is 17.8. The summed E-state index contributed by atoms with van der Waals surface area (Å²) in [5.74, 6) is -1.74. The van der Waals surface area contributed by atoms with Crippen molar-refractivity contribution >= 4 is 57.2 Å². The molecule has 0 saturated heterocycles.